The second kappa shape index (κ2) is 9.91. The highest BCUT2D eigenvalue weighted by Crippen LogP contribution is 2.55. The minimum absolute atomic E-state index is 0.181. The molecule has 5 aliphatic rings. The smallest absolute Gasteiger partial charge is 0.264 e. The van der Waals surface area contributed by atoms with Crippen LogP contribution in [0.3, 0.4) is 0 Å². The first-order chi connectivity index (χ1) is 18.3. The lowest BCUT2D eigenvalue weighted by molar-refractivity contribution is -0.135. The number of rotatable bonds is 9. The van der Waals surface area contributed by atoms with Crippen LogP contribution < -0.4 is 21.5 Å². The fraction of sp³-hybridized carbons (Fsp3) is 0.621. The fourth-order valence-corrected chi connectivity index (χ4v) is 8.05. The number of nitrogens with zero attached hydrogens (tertiary/aromatic N) is 2. The zero-order valence-electron chi connectivity index (χ0n) is 22.1. The maximum Gasteiger partial charge on any atom is 0.264 e. The van der Waals surface area contributed by atoms with Crippen molar-refractivity contribution < 1.29 is 14.4 Å². The molecule has 202 valence electrons. The second-order valence-electron chi connectivity index (χ2n) is 12.1. The van der Waals surface area contributed by atoms with Crippen LogP contribution in [0.4, 0.5) is 5.69 Å². The number of ketones is 1. The number of aryl methyl sites for hydroxylation is 1. The van der Waals surface area contributed by atoms with Crippen LogP contribution in [-0.2, 0) is 14.4 Å². The summed E-state index contributed by atoms with van der Waals surface area (Å²) in [5.74, 6) is 2.46. The SMILES string of the molecule is Cc1nc2cccc(NCCC(=O)CCNC34CC5CC(CC(C5)C3)C4)c2c(=O)n1C1CCC(=O)NC1=O. The number of aromatic nitrogens is 2. The van der Waals surface area contributed by atoms with Gasteiger partial charge in [-0.3, -0.25) is 29.1 Å². The van der Waals surface area contributed by atoms with Crippen LogP contribution >= 0.6 is 0 Å². The van der Waals surface area contributed by atoms with Crippen molar-refractivity contribution in [3.63, 3.8) is 0 Å². The Kier molecular flexibility index (Phi) is 6.58. The first kappa shape index (κ1) is 25.2. The van der Waals surface area contributed by atoms with Crippen LogP contribution in [0.2, 0.25) is 0 Å². The third kappa shape index (κ3) is 4.77. The van der Waals surface area contributed by atoms with Crippen LogP contribution in [0.25, 0.3) is 10.9 Å². The minimum atomic E-state index is -0.770. The number of Topliss-reactive ketones (excluding diaryl/α,β-unsaturated/α-hetero) is 1. The molecule has 7 rings (SSSR count). The van der Waals surface area contributed by atoms with E-state index in [0.29, 0.717) is 41.8 Å². The molecule has 1 aromatic heterocycles. The van der Waals surface area contributed by atoms with Gasteiger partial charge < -0.3 is 10.6 Å². The van der Waals surface area contributed by atoms with Crippen LogP contribution in [-0.4, -0.2) is 45.8 Å². The van der Waals surface area contributed by atoms with E-state index in [9.17, 15) is 19.2 Å². The highest BCUT2D eigenvalue weighted by atomic mass is 16.2. The van der Waals surface area contributed by atoms with Gasteiger partial charge in [0.1, 0.15) is 17.6 Å². The Morgan fingerprint density at radius 2 is 1.74 bits per heavy atom. The van der Waals surface area contributed by atoms with E-state index < -0.39 is 11.9 Å². The Morgan fingerprint density at radius 1 is 1.05 bits per heavy atom. The van der Waals surface area contributed by atoms with Gasteiger partial charge in [-0.25, -0.2) is 4.98 Å². The normalized spacial score (nSPS) is 30.0. The summed E-state index contributed by atoms with van der Waals surface area (Å²) in [6.07, 6.45) is 9.40. The molecule has 0 spiro atoms. The molecule has 9 nitrogen and oxygen atoms in total. The summed E-state index contributed by atoms with van der Waals surface area (Å²) in [6, 6.07) is 4.62. The summed E-state index contributed by atoms with van der Waals surface area (Å²) in [5.41, 5.74) is 1.08. The maximum absolute atomic E-state index is 13.5. The summed E-state index contributed by atoms with van der Waals surface area (Å²) in [6.45, 7) is 2.85. The zero-order valence-corrected chi connectivity index (χ0v) is 22.1. The van der Waals surface area contributed by atoms with Crippen molar-refractivity contribution >= 4 is 34.2 Å². The number of piperidine rings is 1. The van der Waals surface area contributed by atoms with Gasteiger partial charge >= 0.3 is 0 Å². The van der Waals surface area contributed by atoms with Crippen LogP contribution in [0.15, 0.2) is 23.0 Å². The van der Waals surface area contributed by atoms with Crippen LogP contribution in [0.1, 0.15) is 76.1 Å². The molecule has 1 aromatic carbocycles. The largest absolute Gasteiger partial charge is 0.384 e. The lowest BCUT2D eigenvalue weighted by Gasteiger charge is -2.57. The van der Waals surface area contributed by atoms with Crippen molar-refractivity contribution in [2.24, 2.45) is 17.8 Å². The third-order valence-corrected chi connectivity index (χ3v) is 9.29. The number of amides is 2. The molecule has 5 fully saturated rings. The van der Waals surface area contributed by atoms with E-state index in [1.807, 2.05) is 6.07 Å². The monoisotopic (exact) mass is 519 g/mol. The number of carbonyl (C=O) groups is 3. The molecule has 2 heterocycles. The Hall–Kier alpha value is -3.07. The topological polar surface area (TPSA) is 122 Å². The fourth-order valence-electron chi connectivity index (χ4n) is 8.05. The van der Waals surface area contributed by atoms with Gasteiger partial charge in [0, 0.05) is 43.6 Å². The third-order valence-electron chi connectivity index (χ3n) is 9.29. The average Bonchev–Trinajstić information content (AvgIpc) is 2.84. The van der Waals surface area contributed by atoms with Crippen molar-refractivity contribution in [1.29, 1.82) is 0 Å². The number of anilines is 1. The van der Waals surface area contributed by atoms with Gasteiger partial charge in [-0.2, -0.15) is 0 Å². The molecule has 1 unspecified atom stereocenters. The Morgan fingerprint density at radius 3 is 2.42 bits per heavy atom. The Bertz CT molecular complexity index is 1310. The maximum atomic E-state index is 13.5. The molecule has 1 atom stereocenters. The molecule has 2 amide bonds. The summed E-state index contributed by atoms with van der Waals surface area (Å²) in [5, 5.41) is 9.77. The van der Waals surface area contributed by atoms with E-state index in [2.05, 4.69) is 20.9 Å². The first-order valence-corrected chi connectivity index (χ1v) is 14.2. The van der Waals surface area contributed by atoms with E-state index in [1.54, 1.807) is 19.1 Å². The van der Waals surface area contributed by atoms with Crippen LogP contribution in [0.5, 0.6) is 0 Å². The number of benzene rings is 1. The average molecular weight is 520 g/mol. The van der Waals surface area contributed by atoms with Crippen molar-refractivity contribution in [2.75, 3.05) is 18.4 Å². The number of fused-ring (bicyclic) bond motifs is 1. The van der Waals surface area contributed by atoms with Gasteiger partial charge in [0.25, 0.3) is 5.56 Å². The van der Waals surface area contributed by atoms with Gasteiger partial charge in [-0.1, -0.05) is 6.07 Å². The van der Waals surface area contributed by atoms with E-state index in [1.165, 1.54) is 43.1 Å². The van der Waals surface area contributed by atoms with Gasteiger partial charge in [-0.15, -0.1) is 0 Å². The molecule has 9 heteroatoms. The quantitative estimate of drug-likeness (QED) is 0.435. The molecule has 3 N–H and O–H groups in total. The zero-order chi connectivity index (χ0) is 26.4. The molecule has 4 aliphatic carbocycles. The molecule has 1 aliphatic heterocycles. The lowest BCUT2D eigenvalue weighted by Crippen LogP contribution is -2.58. The van der Waals surface area contributed by atoms with Crippen molar-refractivity contribution in [1.82, 2.24) is 20.2 Å². The van der Waals surface area contributed by atoms with Crippen molar-refractivity contribution in [3.8, 4) is 0 Å². The lowest BCUT2D eigenvalue weighted by atomic mass is 9.53. The highest BCUT2D eigenvalue weighted by Gasteiger charge is 2.50. The Balaban J connectivity index is 1.08. The number of hydrogen-bond acceptors (Lipinski definition) is 7. The molecular weight excluding hydrogens is 482 g/mol. The molecule has 0 radical (unpaired) electrons. The molecule has 4 bridgehead atoms. The van der Waals surface area contributed by atoms with E-state index in [-0.39, 0.29) is 35.6 Å². The predicted octanol–water partition coefficient (Wildman–Crippen LogP) is 3.00. The molecule has 38 heavy (non-hydrogen) atoms. The summed E-state index contributed by atoms with van der Waals surface area (Å²) >= 11 is 0. The van der Waals surface area contributed by atoms with Gasteiger partial charge in [-0.05, 0) is 81.8 Å². The molecule has 2 aromatic rings. The molecule has 4 saturated carbocycles. The van der Waals surface area contributed by atoms with Gasteiger partial charge in [0.05, 0.1) is 10.9 Å². The number of imide groups is 1. The Labute approximate surface area is 222 Å². The summed E-state index contributed by atoms with van der Waals surface area (Å²) in [7, 11) is 0. The van der Waals surface area contributed by atoms with Crippen molar-refractivity contribution in [2.45, 2.75) is 82.7 Å². The second-order valence-corrected chi connectivity index (χ2v) is 12.1. The number of carbonyl (C=O) groups excluding carboxylic acids is 3. The van der Waals surface area contributed by atoms with E-state index >= 15 is 0 Å². The van der Waals surface area contributed by atoms with Gasteiger partial charge in [0.15, 0.2) is 0 Å². The van der Waals surface area contributed by atoms with E-state index in [4.69, 9.17) is 0 Å². The van der Waals surface area contributed by atoms with E-state index in [0.717, 1.165) is 24.3 Å². The predicted molar refractivity (Wildman–Crippen MR) is 144 cm³/mol. The molecular formula is C29H37N5O4. The van der Waals surface area contributed by atoms with Crippen LogP contribution in [0, 0.1) is 24.7 Å². The van der Waals surface area contributed by atoms with Crippen molar-refractivity contribution in [3.05, 3.63) is 34.4 Å². The number of nitrogens with one attached hydrogen (secondary N) is 3. The number of hydrogen-bond donors (Lipinski definition) is 3. The molecule has 1 saturated heterocycles. The standard InChI is InChI=1S/C29H37N5O4/c1-17-32-23-4-2-3-22(26(23)28(38)34(17)24-5-6-25(36)33-27(24)37)30-9-7-21(35)8-10-31-29-14-18-11-19(15-29)13-20(12-18)16-29/h2-4,18-20,24,30-31H,5-16H2,1H3,(H,33,36,37). The van der Waals surface area contributed by atoms with Gasteiger partial charge in [0.2, 0.25) is 11.8 Å². The minimum Gasteiger partial charge on any atom is -0.384 e. The highest BCUT2D eigenvalue weighted by molar-refractivity contribution is 5.99. The summed E-state index contributed by atoms with van der Waals surface area (Å²) < 4.78 is 1.39. The first-order valence-electron chi connectivity index (χ1n) is 14.2. The summed E-state index contributed by atoms with van der Waals surface area (Å²) in [4.78, 5) is 54.9.